The summed E-state index contributed by atoms with van der Waals surface area (Å²) in [4.78, 5) is 35.9. The van der Waals surface area contributed by atoms with Gasteiger partial charge in [-0.15, -0.1) is 10.1 Å². The molecular weight excluding hydrogens is 450 g/mol. The smallest absolute Gasteiger partial charge is 0.345 e. The van der Waals surface area contributed by atoms with Gasteiger partial charge in [0.05, 0.1) is 18.7 Å². The average Bonchev–Trinajstić information content (AvgIpc) is 2.86. The molecule has 35 heavy (non-hydrogen) atoms. The molecule has 2 rings (SSSR count). The quantitative estimate of drug-likeness (QED) is 0.200. The lowest BCUT2D eigenvalue weighted by Gasteiger charge is -2.37. The number of hydrogen-bond donors (Lipinski definition) is 1. The molecule has 0 radical (unpaired) electrons. The van der Waals surface area contributed by atoms with E-state index in [2.05, 4.69) is 33.5 Å². The highest BCUT2D eigenvalue weighted by Crippen LogP contribution is 2.15. The van der Waals surface area contributed by atoms with Gasteiger partial charge in [0, 0.05) is 38.4 Å². The van der Waals surface area contributed by atoms with Crippen molar-refractivity contribution >= 4 is 11.7 Å². The summed E-state index contributed by atoms with van der Waals surface area (Å²) in [5.74, 6) is 0.429. The van der Waals surface area contributed by atoms with Gasteiger partial charge in [-0.2, -0.15) is 0 Å². The number of pyridine rings is 1. The Labute approximate surface area is 209 Å². The van der Waals surface area contributed by atoms with E-state index < -0.39 is 11.0 Å². The molecule has 0 aromatic carbocycles. The molecule has 1 fully saturated rings. The molecule has 1 amide bonds. The molecule has 1 aliphatic heterocycles. The Bertz CT molecular complexity index is 738. The Morgan fingerprint density at radius 3 is 2.09 bits per heavy atom. The molecule has 10 nitrogen and oxygen atoms in total. The minimum absolute atomic E-state index is 0.187. The van der Waals surface area contributed by atoms with Crippen LogP contribution < -0.4 is 9.96 Å². The molecule has 198 valence electrons. The standard InChI is InChI=1S/C25H43N5O5/c1-22(2)27-16-18-28(19-17-27)24-14-13-23(21-26-24)25(31)29(32)15-11-9-7-5-3-4-6-8-10-12-20-35-30(33)34/h13-14,21-22,29H,3-12,15-20H2,1-2H3. The van der Waals surface area contributed by atoms with Crippen LogP contribution in [-0.4, -0.2) is 66.3 Å². The summed E-state index contributed by atoms with van der Waals surface area (Å²) in [6.07, 6.45) is 11.6. The maximum atomic E-state index is 12.5. The molecule has 0 bridgehead atoms. The summed E-state index contributed by atoms with van der Waals surface area (Å²) in [6.45, 7) is 8.73. The molecule has 10 heteroatoms. The van der Waals surface area contributed by atoms with E-state index in [1.54, 1.807) is 12.3 Å². The second-order valence-electron chi connectivity index (χ2n) is 9.62. The van der Waals surface area contributed by atoms with Crippen molar-refractivity contribution in [3.63, 3.8) is 0 Å². The average molecular weight is 494 g/mol. The van der Waals surface area contributed by atoms with E-state index in [-0.39, 0.29) is 11.7 Å². The number of hydroxylamine groups is 2. The fourth-order valence-corrected chi connectivity index (χ4v) is 4.39. The molecule has 1 aromatic rings. The first kappa shape index (κ1) is 28.9. The summed E-state index contributed by atoms with van der Waals surface area (Å²) in [7, 11) is 0. The van der Waals surface area contributed by atoms with Crippen LogP contribution in [0, 0.1) is 15.3 Å². The number of rotatable bonds is 17. The van der Waals surface area contributed by atoms with Gasteiger partial charge in [0.2, 0.25) is 0 Å². The number of nitrogens with one attached hydrogen (secondary N) is 1. The van der Waals surface area contributed by atoms with Gasteiger partial charge < -0.3 is 20.0 Å². The van der Waals surface area contributed by atoms with Gasteiger partial charge in [-0.1, -0.05) is 44.9 Å². The van der Waals surface area contributed by atoms with Crippen LogP contribution in [0.2, 0.25) is 0 Å². The second kappa shape index (κ2) is 16.4. The number of hydrogen-bond acceptors (Lipinski definition) is 8. The zero-order chi connectivity index (χ0) is 25.5. The molecule has 0 spiro atoms. The van der Waals surface area contributed by atoms with Crippen molar-refractivity contribution in [1.29, 1.82) is 0 Å². The van der Waals surface area contributed by atoms with Gasteiger partial charge >= 0.3 is 5.91 Å². The first-order valence-corrected chi connectivity index (χ1v) is 13.2. The first-order valence-electron chi connectivity index (χ1n) is 13.2. The Kier molecular flexibility index (Phi) is 13.5. The summed E-state index contributed by atoms with van der Waals surface area (Å²) >= 11 is 0. The third-order valence-corrected chi connectivity index (χ3v) is 6.63. The lowest BCUT2D eigenvalue weighted by molar-refractivity contribution is -0.757. The largest absolute Gasteiger partial charge is 0.626 e. The number of nitrogens with zero attached hydrogens (tertiary/aromatic N) is 4. The number of quaternary nitrogens is 1. The molecule has 1 unspecified atom stereocenters. The second-order valence-corrected chi connectivity index (χ2v) is 9.62. The minimum atomic E-state index is -0.742. The predicted molar refractivity (Wildman–Crippen MR) is 136 cm³/mol. The summed E-state index contributed by atoms with van der Waals surface area (Å²) in [6, 6.07) is 4.13. The fourth-order valence-electron chi connectivity index (χ4n) is 4.39. The van der Waals surface area contributed by atoms with E-state index >= 15 is 0 Å². The normalized spacial score (nSPS) is 15.4. The zero-order valence-corrected chi connectivity index (χ0v) is 21.5. The lowest BCUT2D eigenvalue weighted by atomic mass is 10.1. The maximum Gasteiger partial charge on any atom is 0.345 e. The monoisotopic (exact) mass is 493 g/mol. The molecule has 2 heterocycles. The van der Waals surface area contributed by atoms with Gasteiger partial charge in [-0.3, -0.25) is 4.90 Å². The van der Waals surface area contributed by atoms with Crippen molar-refractivity contribution < 1.29 is 19.8 Å². The van der Waals surface area contributed by atoms with E-state index in [1.165, 1.54) is 0 Å². The van der Waals surface area contributed by atoms with Crippen LogP contribution in [0.5, 0.6) is 0 Å². The third-order valence-electron chi connectivity index (χ3n) is 6.63. The van der Waals surface area contributed by atoms with Crippen LogP contribution >= 0.6 is 0 Å². The van der Waals surface area contributed by atoms with Crippen LogP contribution in [-0.2, 0) is 4.84 Å². The van der Waals surface area contributed by atoms with Crippen LogP contribution in [0.25, 0.3) is 0 Å². The van der Waals surface area contributed by atoms with Gasteiger partial charge in [-0.05, 0) is 45.2 Å². The highest BCUT2D eigenvalue weighted by Gasteiger charge is 2.21. The van der Waals surface area contributed by atoms with Gasteiger partial charge in [0.1, 0.15) is 5.82 Å². The molecule has 1 atom stereocenters. The molecule has 0 aliphatic carbocycles. The van der Waals surface area contributed by atoms with Crippen LogP contribution in [0.4, 0.5) is 5.82 Å². The lowest BCUT2D eigenvalue weighted by Crippen LogP contribution is -3.10. The van der Waals surface area contributed by atoms with Crippen molar-refractivity contribution in [2.45, 2.75) is 84.1 Å². The summed E-state index contributed by atoms with van der Waals surface area (Å²) in [5, 5.41) is 21.3. The Hall–Kier alpha value is -2.30. The van der Waals surface area contributed by atoms with Gasteiger partial charge in [-0.25, -0.2) is 9.78 Å². The van der Waals surface area contributed by atoms with Crippen LogP contribution in [0.1, 0.15) is 88.4 Å². The van der Waals surface area contributed by atoms with Crippen molar-refractivity contribution in [3.05, 3.63) is 39.2 Å². The molecule has 1 saturated heterocycles. The number of piperazine rings is 1. The van der Waals surface area contributed by atoms with Crippen molar-refractivity contribution in [2.24, 2.45) is 0 Å². The first-order chi connectivity index (χ1) is 16.9. The summed E-state index contributed by atoms with van der Waals surface area (Å²) < 4.78 is 0. The number of unbranched alkanes of at least 4 members (excludes halogenated alkanes) is 9. The molecular formula is C25H43N5O5. The van der Waals surface area contributed by atoms with Gasteiger partial charge in [0.15, 0.2) is 0 Å². The minimum Gasteiger partial charge on any atom is -0.626 e. The molecule has 0 saturated carbocycles. The van der Waals surface area contributed by atoms with E-state index in [9.17, 15) is 20.1 Å². The molecule has 1 aliphatic rings. The maximum absolute atomic E-state index is 12.5. The topological polar surface area (TPSA) is 116 Å². The number of amides is 1. The van der Waals surface area contributed by atoms with Crippen LogP contribution in [0.15, 0.2) is 18.3 Å². The number of carbonyl (C=O) groups is 1. The Morgan fingerprint density at radius 2 is 1.57 bits per heavy atom. The third kappa shape index (κ3) is 11.3. The van der Waals surface area contributed by atoms with Crippen LogP contribution in [0.3, 0.4) is 0 Å². The van der Waals surface area contributed by atoms with Gasteiger partial charge in [0.25, 0.3) is 5.09 Å². The number of carbonyl (C=O) groups excluding carboxylic acids is 1. The van der Waals surface area contributed by atoms with E-state index in [0.717, 1.165) is 96.2 Å². The van der Waals surface area contributed by atoms with Crippen molar-refractivity contribution in [1.82, 2.24) is 9.88 Å². The summed E-state index contributed by atoms with van der Waals surface area (Å²) in [5.41, 5.74) is 0.379. The van der Waals surface area contributed by atoms with Crippen molar-refractivity contribution in [3.8, 4) is 0 Å². The van der Waals surface area contributed by atoms with Crippen molar-refractivity contribution in [2.75, 3.05) is 44.2 Å². The number of anilines is 1. The van der Waals surface area contributed by atoms with E-state index in [1.807, 2.05) is 6.07 Å². The number of aromatic nitrogens is 1. The van der Waals surface area contributed by atoms with E-state index in [4.69, 9.17) is 0 Å². The SMILES string of the molecule is CC(C)N1CCN(c2ccc(C(=O)[NH+]([O-])CCCCCCCCCCCCO[N+](=O)[O-])cn2)CC1. The molecule has 1 N–H and O–H groups in total. The van der Waals surface area contributed by atoms with E-state index in [0.29, 0.717) is 18.2 Å². The molecule has 1 aromatic heterocycles. The highest BCUT2D eigenvalue weighted by molar-refractivity contribution is 5.87. The Balaban J connectivity index is 1.52. The fraction of sp³-hybridized carbons (Fsp3) is 0.760. The zero-order valence-electron chi connectivity index (χ0n) is 21.5. The predicted octanol–water partition coefficient (Wildman–Crippen LogP) is 3.24. The Morgan fingerprint density at radius 1 is 1.00 bits per heavy atom. The highest BCUT2D eigenvalue weighted by atomic mass is 16.9.